The molecule has 0 radical (unpaired) electrons. The van der Waals surface area contributed by atoms with Gasteiger partial charge in [-0.25, -0.2) is 0 Å². The number of nitrogens with two attached hydrogens (primary N) is 1. The number of para-hydroxylation sites is 5. The zero-order chi connectivity index (χ0) is 71.6. The fourth-order valence-electron chi connectivity index (χ4n) is 7.40. The van der Waals surface area contributed by atoms with Crippen LogP contribution in [-0.2, 0) is 19.6 Å². The standard InChI is InChI=1S/C16H17N5O2.C9H9N5O3.C9H11N5O.C7H9BO3.C7H5N5O2.C7H4N2O2.C2H5BrO.N3.Na/c1-23-13-6-4-5-12(11-13)17-15-8-3-2-7-14(15)16-18-20-21(19-16)9-10-22;15-6-5-13-11-9(10-12-13)7-3-1-2-4-8(7)14(16)17;10-8-4-2-1-3-7(8)9-11-13-14(12-9)5-6-15;1-11-7-4-2-3-6(5-7)8(9)10;13-12(14)6-4-2-1-3-5(6)7-8-10-11-9-7;8-5-6-3-1-2-4-7(6)9(10)11;3-1-2-4;1-3-2;/h2-8,11,17,22H,9-10H2,1H3;1-4,15H,5-6H2;1-4,15H,5-6,10H2;2-5,9-10H,1H3;1-4H,(H,8,9,10,11);1-4H;4H,1-2H2;;/q;;;;;;;-1;+1. The molecule has 0 fully saturated rings. The van der Waals surface area contributed by atoms with Crippen LogP contribution in [0.2, 0.25) is 0 Å². The second-order valence-corrected chi connectivity index (χ2v) is 18.9. The number of alkyl halides is 1. The Balaban J connectivity index is 0.000000307. The van der Waals surface area contributed by atoms with Gasteiger partial charge in [0.2, 0.25) is 23.3 Å². The zero-order valence-corrected chi connectivity index (χ0v) is 56.2. The van der Waals surface area contributed by atoms with Crippen molar-refractivity contribution >= 4 is 62.6 Å². The van der Waals surface area contributed by atoms with Crippen molar-refractivity contribution in [2.75, 3.05) is 57.0 Å². The minimum absolute atomic E-state index is 0. The van der Waals surface area contributed by atoms with Gasteiger partial charge in [-0.15, -0.1) is 40.8 Å². The van der Waals surface area contributed by atoms with E-state index in [4.69, 9.17) is 62.0 Å². The van der Waals surface area contributed by atoms with Gasteiger partial charge in [0.25, 0.3) is 17.1 Å². The molecule has 0 unspecified atom stereocenters. The number of halogens is 1. The molecule has 11 aromatic rings. The Morgan fingerprint density at radius 1 is 0.586 bits per heavy atom. The fourth-order valence-corrected chi connectivity index (χ4v) is 7.40. The Bertz CT molecular complexity index is 4290. The number of hydrogen-bond donors (Lipinski definition) is 9. The van der Waals surface area contributed by atoms with Crippen LogP contribution in [-0.4, -0.2) is 180 Å². The Morgan fingerprint density at radius 2 is 1.00 bits per heavy atom. The molecule has 0 aliphatic rings. The topological polar surface area (TPSA) is 575 Å². The number of tetrazole rings is 4. The molecule has 508 valence electrons. The third-order valence-corrected chi connectivity index (χ3v) is 12.1. The van der Waals surface area contributed by atoms with Crippen LogP contribution in [0, 0.1) is 41.7 Å². The predicted octanol–water partition coefficient (Wildman–Crippen LogP) is 2.10. The monoisotopic (exact) mass is 1430 g/mol. The number of anilines is 3. The number of benzene rings is 7. The summed E-state index contributed by atoms with van der Waals surface area (Å²) in [4.78, 5) is 35.5. The van der Waals surface area contributed by atoms with Crippen LogP contribution in [0.25, 0.3) is 61.5 Å². The predicted molar refractivity (Wildman–Crippen MR) is 356 cm³/mol. The molecule has 11 rings (SSSR count). The van der Waals surface area contributed by atoms with E-state index in [9.17, 15) is 30.3 Å². The van der Waals surface area contributed by atoms with Crippen molar-refractivity contribution in [2.24, 2.45) is 0 Å². The van der Waals surface area contributed by atoms with E-state index in [0.29, 0.717) is 58.1 Å². The summed E-state index contributed by atoms with van der Waals surface area (Å²) in [6.45, 7) is 0.929. The molecule has 10 N–H and O–H groups in total. The number of aliphatic hydroxyl groups is 4. The van der Waals surface area contributed by atoms with Crippen LogP contribution >= 0.6 is 15.9 Å². The molecule has 0 amide bonds. The number of methoxy groups -OCH3 is 2. The van der Waals surface area contributed by atoms with Gasteiger partial charge >= 0.3 is 36.7 Å². The summed E-state index contributed by atoms with van der Waals surface area (Å²) >= 11 is 3.00. The van der Waals surface area contributed by atoms with Crippen LogP contribution in [0.3, 0.4) is 0 Å². The van der Waals surface area contributed by atoms with Gasteiger partial charge in [-0.05, 0) is 93.0 Å². The SMILES string of the molecule is COc1cccc(B(O)O)c1.COc1cccc(Nc2ccccc2-c2nnn(CCO)n2)c1.N#Cc1ccccc1[N+](=O)[O-].Nc1ccccc1-c1nnn(CCO)n1.O=[N+]([O-])c1ccccc1-c1nn[nH]n1.O=[N+]([O-])c1ccccc1-c1nnn(CCO)n1.OCCBr.[N-]=[N+]=[N-].[Na+]. The number of nitro benzene ring substituents is 3. The van der Waals surface area contributed by atoms with Crippen molar-refractivity contribution < 1.29 is 84.3 Å². The summed E-state index contributed by atoms with van der Waals surface area (Å²) in [6, 6.07) is 49.3. The average Bonchev–Trinajstić information content (AvgIpc) is 1.83. The van der Waals surface area contributed by atoms with E-state index >= 15 is 0 Å². The Morgan fingerprint density at radius 3 is 1.43 bits per heavy atom. The van der Waals surface area contributed by atoms with E-state index in [-0.39, 0.29) is 96.8 Å². The first-order chi connectivity index (χ1) is 47.4. The van der Waals surface area contributed by atoms with Crippen LogP contribution in [0.5, 0.6) is 11.5 Å². The number of nitrogen functional groups attached to an aromatic ring is 1. The van der Waals surface area contributed by atoms with E-state index in [0.717, 1.165) is 28.3 Å². The zero-order valence-electron chi connectivity index (χ0n) is 52.6. The molecular weight excluding hydrogens is 1370 g/mol. The normalized spacial score (nSPS) is 9.62. The van der Waals surface area contributed by atoms with Crippen molar-refractivity contribution in [3.05, 3.63) is 222 Å². The minimum atomic E-state index is -1.43. The van der Waals surface area contributed by atoms with Gasteiger partial charge in [-0.2, -0.15) is 24.9 Å². The van der Waals surface area contributed by atoms with Crippen LogP contribution in [0.4, 0.5) is 34.1 Å². The molecule has 39 nitrogen and oxygen atoms in total. The molecule has 0 bridgehead atoms. The maximum Gasteiger partial charge on any atom is 1.00 e. The first-order valence-electron chi connectivity index (χ1n) is 28.0. The second kappa shape index (κ2) is 45.7. The number of aromatic nitrogens is 16. The maximum absolute atomic E-state index is 10.8. The number of nitrogens with zero attached hydrogens (tertiary/aromatic N) is 22. The number of aliphatic hydroxyl groups excluding tert-OH is 4. The van der Waals surface area contributed by atoms with Crippen molar-refractivity contribution in [2.45, 2.75) is 19.6 Å². The van der Waals surface area contributed by atoms with Gasteiger partial charge in [0.1, 0.15) is 34.3 Å². The molecule has 99 heavy (non-hydrogen) atoms. The quantitative estimate of drug-likeness (QED) is 0.00818. The van der Waals surface area contributed by atoms with Gasteiger partial charge in [0, 0.05) is 57.8 Å². The molecule has 4 aromatic heterocycles. The van der Waals surface area contributed by atoms with Crippen molar-refractivity contribution in [3.8, 4) is 63.1 Å². The van der Waals surface area contributed by atoms with Gasteiger partial charge in [-0.1, -0.05) is 94.8 Å². The number of ether oxygens (including phenoxy) is 2. The minimum Gasteiger partial charge on any atom is -0.497 e. The van der Waals surface area contributed by atoms with E-state index < -0.39 is 21.9 Å². The third kappa shape index (κ3) is 27.5. The fraction of sp³-hybridized carbons (Fsp3) is 0.175. The molecule has 0 atom stereocenters. The third-order valence-electron chi connectivity index (χ3n) is 11.7. The largest absolute Gasteiger partial charge is 1.00 e. The Kier molecular flexibility index (Phi) is 37.6. The first-order valence-corrected chi connectivity index (χ1v) is 29.1. The number of aromatic amines is 1. The number of hydrogen-bond acceptors (Lipinski definition) is 29. The smallest absolute Gasteiger partial charge is 0.497 e. The Hall–Kier alpha value is -11.7. The molecule has 42 heteroatoms. The number of nitro groups is 3. The number of H-pyrrole nitrogens is 1. The van der Waals surface area contributed by atoms with Crippen LogP contribution in [0.15, 0.2) is 170 Å². The van der Waals surface area contributed by atoms with E-state index in [2.05, 4.69) is 88.1 Å². The second-order valence-electron chi connectivity index (χ2n) is 18.1. The van der Waals surface area contributed by atoms with Gasteiger partial charge in [0.05, 0.1) is 75.1 Å². The average molecular weight is 1430 g/mol. The summed E-state index contributed by atoms with van der Waals surface area (Å²) in [6.07, 6.45) is 0. The van der Waals surface area contributed by atoms with Crippen molar-refractivity contribution in [3.63, 3.8) is 0 Å². The first kappa shape index (κ1) is 81.6. The summed E-state index contributed by atoms with van der Waals surface area (Å²) < 4.78 is 10.1. The molecule has 0 spiro atoms. The molecule has 0 aliphatic carbocycles. The van der Waals surface area contributed by atoms with Gasteiger partial charge < -0.3 is 62.1 Å². The summed E-state index contributed by atoms with van der Waals surface area (Å²) in [5.74, 6) is 2.77. The summed E-state index contributed by atoms with van der Waals surface area (Å²) in [5.41, 5.74) is 24.2. The molecule has 0 aliphatic heterocycles. The summed E-state index contributed by atoms with van der Waals surface area (Å²) in [7, 11) is 1.74. The van der Waals surface area contributed by atoms with Crippen LogP contribution in [0.1, 0.15) is 5.56 Å². The van der Waals surface area contributed by atoms with Crippen molar-refractivity contribution in [1.82, 2.24) is 81.2 Å². The number of rotatable bonds is 19. The molecule has 0 saturated carbocycles. The van der Waals surface area contributed by atoms with Crippen molar-refractivity contribution in [1.29, 1.82) is 5.26 Å². The number of nitriles is 1. The van der Waals surface area contributed by atoms with Gasteiger partial charge in [0.15, 0.2) is 0 Å². The summed E-state index contributed by atoms with van der Waals surface area (Å²) in [5, 5.41) is 144. The molecular formula is C57H60BBrN25NaO14. The molecule has 7 aromatic carbocycles. The van der Waals surface area contributed by atoms with E-state index in [1.54, 1.807) is 86.0 Å². The number of nitrogens with one attached hydrogen (secondary N) is 2. The van der Waals surface area contributed by atoms with E-state index in [1.165, 1.54) is 56.7 Å². The molecule has 4 heterocycles. The van der Waals surface area contributed by atoms with Gasteiger partial charge in [-0.3, -0.25) is 35.3 Å². The Labute approximate surface area is 591 Å². The molecule has 0 saturated heterocycles. The van der Waals surface area contributed by atoms with E-state index in [1.807, 2.05) is 66.7 Å². The van der Waals surface area contributed by atoms with Crippen LogP contribution < -0.4 is 55.5 Å². The maximum atomic E-state index is 10.8.